The van der Waals surface area contributed by atoms with Crippen LogP contribution in [0.1, 0.15) is 22.8 Å². The number of benzene rings is 1. The van der Waals surface area contributed by atoms with Gasteiger partial charge in [0.05, 0.1) is 23.0 Å². The van der Waals surface area contributed by atoms with E-state index in [1.165, 1.54) is 6.92 Å². The second-order valence-corrected chi connectivity index (χ2v) is 9.71. The molecule has 0 fully saturated rings. The molecule has 4 heterocycles. The molecule has 0 bridgehead atoms. The van der Waals surface area contributed by atoms with E-state index >= 15 is 0 Å². The summed E-state index contributed by atoms with van der Waals surface area (Å²) in [5.41, 5.74) is 5.24. The van der Waals surface area contributed by atoms with Crippen LogP contribution in [0.2, 0.25) is 0 Å². The van der Waals surface area contributed by atoms with Crippen LogP contribution < -0.4 is 10.6 Å². The first-order valence-electron chi connectivity index (χ1n) is 10.8. The number of pyridine rings is 3. The lowest BCUT2D eigenvalue weighted by molar-refractivity contribution is -0.114. The van der Waals surface area contributed by atoms with E-state index in [0.29, 0.717) is 23.4 Å². The lowest BCUT2D eigenvalue weighted by Crippen LogP contribution is -2.23. The summed E-state index contributed by atoms with van der Waals surface area (Å²) >= 11 is 2.94. The lowest BCUT2D eigenvalue weighted by Gasteiger charge is -2.07. The molecule has 5 aromatic rings. The molecule has 0 saturated heterocycles. The zero-order valence-electron chi connectivity index (χ0n) is 18.9. The summed E-state index contributed by atoms with van der Waals surface area (Å²) in [5.74, 6) is -0.390. The summed E-state index contributed by atoms with van der Waals surface area (Å²) in [6.45, 7) is 1.82. The molecule has 0 aliphatic carbocycles. The fraction of sp³-hybridized carbons (Fsp3) is 0.0800. The zero-order chi connectivity index (χ0) is 25.1. The van der Waals surface area contributed by atoms with Crippen LogP contribution >= 0.6 is 35.2 Å². The Bertz CT molecular complexity index is 1590. The Morgan fingerprint density at radius 3 is 2.78 bits per heavy atom. The average molecular weight is 610 g/mol. The van der Waals surface area contributed by atoms with Gasteiger partial charge in [-0.15, -0.1) is 0 Å². The molecule has 2 N–H and O–H groups in total. The van der Waals surface area contributed by atoms with Gasteiger partial charge in [0, 0.05) is 54.6 Å². The van der Waals surface area contributed by atoms with Gasteiger partial charge < -0.3 is 10.6 Å². The van der Waals surface area contributed by atoms with Gasteiger partial charge in [-0.3, -0.25) is 23.5 Å². The summed E-state index contributed by atoms with van der Waals surface area (Å²) < 4.78 is 7.06. The molecule has 36 heavy (non-hydrogen) atoms. The second-order valence-electron chi connectivity index (χ2n) is 7.96. The topological polar surface area (TPSA) is 111 Å². The summed E-state index contributed by atoms with van der Waals surface area (Å²) in [6, 6.07) is 13.3. The van der Waals surface area contributed by atoms with Crippen molar-refractivity contribution in [2.75, 3.05) is 5.32 Å². The number of carbonyl (C=O) groups excluding carboxylic acids is 2. The highest BCUT2D eigenvalue weighted by Crippen LogP contribution is 2.35. The third kappa shape index (κ3) is 5.17. The van der Waals surface area contributed by atoms with Crippen molar-refractivity contribution < 1.29 is 12.1 Å². The van der Waals surface area contributed by atoms with Gasteiger partial charge in [-0.25, -0.2) is 7.50 Å². The van der Waals surface area contributed by atoms with Gasteiger partial charge >= 0.3 is 0 Å². The molecule has 0 radical (unpaired) electrons. The van der Waals surface area contributed by atoms with Crippen molar-refractivity contribution in [2.24, 2.45) is 0 Å². The van der Waals surface area contributed by atoms with Gasteiger partial charge in [0.15, 0.2) is 5.65 Å². The summed E-state index contributed by atoms with van der Waals surface area (Å²) in [4.78, 5) is 37.4. The quantitative estimate of drug-likeness (QED) is 0.190. The predicted octanol–water partition coefficient (Wildman–Crippen LogP) is 5.31. The molecule has 0 unspecified atom stereocenters. The number of rotatable bonds is 7. The van der Waals surface area contributed by atoms with Gasteiger partial charge in [0.25, 0.3) is 5.91 Å². The number of amides is 2. The predicted molar refractivity (Wildman–Crippen MR) is 148 cm³/mol. The molecule has 2 amide bonds. The molecule has 0 atom stereocenters. The Labute approximate surface area is 224 Å². The van der Waals surface area contributed by atoms with E-state index in [1.807, 2.05) is 75.6 Å². The van der Waals surface area contributed by atoms with Crippen LogP contribution in [0, 0.1) is 0 Å². The van der Waals surface area contributed by atoms with Crippen molar-refractivity contribution in [3.05, 3.63) is 84.6 Å². The van der Waals surface area contributed by atoms with Crippen LogP contribution in [0.15, 0.2) is 73.4 Å². The molecule has 0 spiro atoms. The molecule has 4 aromatic heterocycles. The van der Waals surface area contributed by atoms with Crippen molar-refractivity contribution in [1.29, 1.82) is 0 Å². The number of aromatic nitrogens is 4. The third-order valence-electron chi connectivity index (χ3n) is 5.47. The Kier molecular flexibility index (Phi) is 7.11. The first-order valence-corrected chi connectivity index (χ1v) is 12.4. The maximum absolute atomic E-state index is 12.9. The molecule has 5 rings (SSSR count). The van der Waals surface area contributed by atoms with E-state index in [9.17, 15) is 9.59 Å². The number of nitrogens with one attached hydrogen (secondary N) is 2. The van der Waals surface area contributed by atoms with Crippen LogP contribution in [0.4, 0.5) is 5.69 Å². The van der Waals surface area contributed by atoms with Crippen LogP contribution in [-0.2, 0) is 13.9 Å². The van der Waals surface area contributed by atoms with Crippen molar-refractivity contribution in [3.8, 4) is 11.1 Å². The van der Waals surface area contributed by atoms with Gasteiger partial charge in [-0.2, -0.15) is 0 Å². The molecule has 9 nitrogen and oxygen atoms in total. The van der Waals surface area contributed by atoms with Crippen LogP contribution in [0.5, 0.6) is 0 Å². The fourth-order valence-corrected chi connectivity index (χ4v) is 4.82. The van der Waals surface area contributed by atoms with E-state index < -0.39 is 0 Å². The highest BCUT2D eigenvalue weighted by molar-refractivity contribution is 14.1. The Balaban J connectivity index is 1.53. The number of anilines is 1. The molecule has 0 aliphatic rings. The highest BCUT2D eigenvalue weighted by atomic mass is 127. The maximum Gasteiger partial charge on any atom is 0.253 e. The van der Waals surface area contributed by atoms with Gasteiger partial charge in [0.2, 0.25) is 5.91 Å². The van der Waals surface area contributed by atoms with Gasteiger partial charge in [-0.1, -0.05) is 12.1 Å². The van der Waals surface area contributed by atoms with E-state index in [-0.39, 0.29) is 11.8 Å². The van der Waals surface area contributed by atoms with Gasteiger partial charge in [0.1, 0.15) is 35.2 Å². The largest absolute Gasteiger partial charge is 0.348 e. The molecular formula is C25H19IN6O3S. The molecular weight excluding hydrogens is 591 g/mol. The molecule has 11 heteroatoms. The fourth-order valence-electron chi connectivity index (χ4n) is 3.88. The maximum atomic E-state index is 12.9. The minimum absolute atomic E-state index is 0.161. The van der Waals surface area contributed by atoms with Crippen LogP contribution in [-0.4, -0.2) is 30.7 Å². The van der Waals surface area contributed by atoms with E-state index in [2.05, 4.69) is 25.6 Å². The average Bonchev–Trinajstić information content (AvgIpc) is 3.25. The third-order valence-corrected chi connectivity index (χ3v) is 6.45. The number of fused-ring (bicyclic) bond motifs is 2. The number of hydrogen-bond donors (Lipinski definition) is 2. The van der Waals surface area contributed by atoms with Crippen molar-refractivity contribution in [2.45, 2.75) is 13.5 Å². The Morgan fingerprint density at radius 1 is 1.11 bits per heavy atom. The lowest BCUT2D eigenvalue weighted by atomic mass is 10.0. The standard InChI is InChI=1S/C25H19IN6O3S/c1-15(33)31-20-8-18-7-17(4-5-23(18)28-13-20)22-14-32(36-35-26)24-21(22)9-19(12-29-24)25(34)30-11-16-3-2-6-27-10-16/h2-10,12-14H,11H2,1H3,(H,30,34)(H,31,33). The Morgan fingerprint density at radius 2 is 2.00 bits per heavy atom. The molecule has 0 aliphatic heterocycles. The van der Waals surface area contributed by atoms with Gasteiger partial charge in [-0.05, 0) is 41.5 Å². The first kappa shape index (κ1) is 24.2. The smallest absolute Gasteiger partial charge is 0.253 e. The minimum Gasteiger partial charge on any atom is -0.348 e. The van der Waals surface area contributed by atoms with Crippen molar-refractivity contribution in [3.63, 3.8) is 0 Å². The number of carbonyl (C=O) groups is 2. The number of halogens is 1. The summed E-state index contributed by atoms with van der Waals surface area (Å²) in [7, 11) is 0. The van der Waals surface area contributed by atoms with Crippen LogP contribution in [0.3, 0.4) is 0 Å². The molecule has 180 valence electrons. The van der Waals surface area contributed by atoms with Crippen LogP contribution in [0.25, 0.3) is 33.1 Å². The Hall–Kier alpha value is -3.55. The van der Waals surface area contributed by atoms with E-state index in [4.69, 9.17) is 2.51 Å². The number of hydrogen-bond acceptors (Lipinski definition) is 7. The second kappa shape index (κ2) is 10.6. The summed E-state index contributed by atoms with van der Waals surface area (Å²) in [6.07, 6.45) is 8.51. The minimum atomic E-state index is -0.229. The summed E-state index contributed by atoms with van der Waals surface area (Å²) in [5, 5.41) is 7.36. The first-order chi connectivity index (χ1) is 17.5. The SMILES string of the molecule is CC(=O)Nc1cnc2ccc(-c3cn(SOI)c4ncc(C(=O)NCc5cccnc5)cc34)cc2c1. The molecule has 0 saturated carbocycles. The normalized spacial score (nSPS) is 11.1. The highest BCUT2D eigenvalue weighted by Gasteiger charge is 2.16. The zero-order valence-corrected chi connectivity index (χ0v) is 21.9. The van der Waals surface area contributed by atoms with Crippen molar-refractivity contribution in [1.82, 2.24) is 24.2 Å². The number of nitrogens with zero attached hydrogens (tertiary/aromatic N) is 4. The van der Waals surface area contributed by atoms with E-state index in [1.54, 1.807) is 24.8 Å². The molecule has 1 aromatic carbocycles. The monoisotopic (exact) mass is 610 g/mol. The van der Waals surface area contributed by atoms with E-state index in [0.717, 1.165) is 45.2 Å². The van der Waals surface area contributed by atoms with Crippen molar-refractivity contribution >= 4 is 74.7 Å².